The van der Waals surface area contributed by atoms with Gasteiger partial charge in [-0.2, -0.15) is 87.8 Å². The van der Waals surface area contributed by atoms with Crippen molar-refractivity contribution < 1.29 is 126 Å². The zero-order valence-corrected chi connectivity index (χ0v) is 47.8. The topological polar surface area (TPSA) is 146 Å². The molecular weight excluding hydrogens is 1330 g/mol. The first-order chi connectivity index (χ1) is 39.2. The highest BCUT2D eigenvalue weighted by Gasteiger charge is 2.42. The fourth-order valence-corrected chi connectivity index (χ4v) is 6.85. The SMILES string of the molecule is C.CC(=O)CN(C)c1cc(C(F)(F)F)cc(C(F)(F)F)c1.CC(=O)CN(C)c1cc(Cl)cc(C(F)(F)F)c1.CC(=O)COc1cc(Cl)cc(C(F)(F)F)c1.CC(=O)COc1cc(Cl)cc(C(F)(F)F)c1.NC(=O)C(F)(F)Oc1cc(Cl)cc(C(F)(F)F)c1. The van der Waals surface area contributed by atoms with Gasteiger partial charge in [0.1, 0.15) is 42.0 Å². The quantitative estimate of drug-likeness (QED) is 0.101. The van der Waals surface area contributed by atoms with E-state index in [0.717, 1.165) is 41.3 Å². The summed E-state index contributed by atoms with van der Waals surface area (Å²) in [5.41, 5.74) is -2.47. The highest BCUT2D eigenvalue weighted by Crippen LogP contribution is 2.40. The van der Waals surface area contributed by atoms with Gasteiger partial charge in [0.25, 0.3) is 0 Å². The van der Waals surface area contributed by atoms with Gasteiger partial charge in [0.15, 0.2) is 11.6 Å². The van der Waals surface area contributed by atoms with Gasteiger partial charge in [-0.15, -0.1) is 0 Å². The molecule has 0 saturated carbocycles. The van der Waals surface area contributed by atoms with Gasteiger partial charge in [-0.25, -0.2) is 0 Å². The number of rotatable bonds is 15. The second-order valence-electron chi connectivity index (χ2n) is 17.6. The van der Waals surface area contributed by atoms with Crippen molar-refractivity contribution >= 4 is 86.8 Å². The smallest absolute Gasteiger partial charge is 0.482 e. The maximum atomic E-state index is 12.8. The maximum Gasteiger partial charge on any atom is 0.482 e. The Morgan fingerprint density at radius 3 is 0.875 bits per heavy atom. The average molecular weight is 1380 g/mol. The van der Waals surface area contributed by atoms with E-state index in [9.17, 15) is 112 Å². The molecule has 0 radical (unpaired) electrons. The molecule has 0 heterocycles. The van der Waals surface area contributed by atoms with Crippen LogP contribution < -0.4 is 29.7 Å². The van der Waals surface area contributed by atoms with E-state index in [4.69, 9.17) is 55.9 Å². The molecule has 0 aliphatic heterocycles. The van der Waals surface area contributed by atoms with Crippen LogP contribution in [-0.4, -0.2) is 75.5 Å². The van der Waals surface area contributed by atoms with Crippen molar-refractivity contribution in [1.29, 1.82) is 0 Å². The Morgan fingerprint density at radius 1 is 0.375 bits per heavy atom. The van der Waals surface area contributed by atoms with Crippen LogP contribution in [0.1, 0.15) is 68.5 Å². The minimum Gasteiger partial charge on any atom is -0.486 e. The van der Waals surface area contributed by atoms with Crippen molar-refractivity contribution in [3.8, 4) is 17.2 Å². The summed E-state index contributed by atoms with van der Waals surface area (Å²) in [5, 5.41) is -0.660. The standard InChI is InChI=1S/C12H11F6NO.C11H11ClF3NO.2C10H8ClF3O2.C9H5ClF5NO2.CH4/c1-7(20)6-19(2)10-4-8(11(13,14)15)3-9(5-10)12(16,17)18;1-7(17)6-16(2)10-4-8(11(13,14)15)3-9(12)5-10;2*1-6(15)5-16-9-3-7(10(12,13)14)2-8(11)4-9;10-5-1-4(8(11,12)13)2-6(3-5)18-9(14,15)7(16)17;/h3-5H,6H2,1-2H3;3-5H,6H2,1-2H3;2*2-4H,5H2,1H3;1-3H,(H2,16,17);1H4. The van der Waals surface area contributed by atoms with Gasteiger partial charge in [0, 0.05) is 45.6 Å². The summed E-state index contributed by atoms with van der Waals surface area (Å²) in [6, 6.07) is 11.6. The number of halogens is 24. The molecule has 88 heavy (non-hydrogen) atoms. The van der Waals surface area contributed by atoms with Crippen molar-refractivity contribution in [3.05, 3.63) is 144 Å². The Balaban J connectivity index is 0.00000107. The Hall–Kier alpha value is -6.99. The van der Waals surface area contributed by atoms with Gasteiger partial charge >= 0.3 is 49.1 Å². The molecule has 5 aromatic carbocycles. The first kappa shape index (κ1) is 81.0. The van der Waals surface area contributed by atoms with Crippen LogP contribution in [-0.2, 0) is 61.0 Å². The summed E-state index contributed by atoms with van der Waals surface area (Å²) in [7, 11) is 2.78. The molecular formula is C53H47Cl4F20N3O8. The normalized spacial score (nSPS) is 11.7. The van der Waals surface area contributed by atoms with E-state index < -0.39 is 93.2 Å². The number of hydrogen-bond donors (Lipinski definition) is 1. The van der Waals surface area contributed by atoms with Gasteiger partial charge in [0.05, 0.1) is 46.5 Å². The second kappa shape index (κ2) is 33.0. The molecule has 0 aliphatic carbocycles. The predicted octanol–water partition coefficient (Wildman–Crippen LogP) is 17.2. The van der Waals surface area contributed by atoms with Crippen LogP contribution in [0.3, 0.4) is 0 Å². The lowest BCUT2D eigenvalue weighted by Crippen LogP contribution is -2.40. The molecule has 490 valence electrons. The molecule has 11 nitrogen and oxygen atoms in total. The number of carbonyl (C=O) groups excluding carboxylic acids is 5. The number of alkyl halides is 20. The molecule has 35 heteroatoms. The largest absolute Gasteiger partial charge is 0.486 e. The van der Waals surface area contributed by atoms with Crippen molar-refractivity contribution in [2.45, 2.75) is 78.3 Å². The highest BCUT2D eigenvalue weighted by atomic mass is 35.5. The van der Waals surface area contributed by atoms with E-state index in [-0.39, 0.29) is 107 Å². The van der Waals surface area contributed by atoms with Gasteiger partial charge in [-0.3, -0.25) is 24.0 Å². The van der Waals surface area contributed by atoms with E-state index >= 15 is 0 Å². The third-order valence-electron chi connectivity index (χ3n) is 9.60. The molecule has 0 saturated heterocycles. The number of ketones is 4. The maximum absolute atomic E-state index is 12.8. The molecule has 0 bridgehead atoms. The summed E-state index contributed by atoms with van der Waals surface area (Å²) < 4.78 is 264. The van der Waals surface area contributed by atoms with Crippen LogP contribution in [0.5, 0.6) is 17.2 Å². The van der Waals surface area contributed by atoms with Gasteiger partial charge < -0.3 is 29.7 Å². The minimum atomic E-state index is -4.90. The van der Waals surface area contributed by atoms with Crippen molar-refractivity contribution in [2.75, 3.05) is 50.2 Å². The number of hydrogen-bond acceptors (Lipinski definition) is 10. The molecule has 0 atom stereocenters. The Kier molecular flexibility index (Phi) is 30.4. The Bertz CT molecular complexity index is 3080. The fraction of sp³-hybridized carbons (Fsp3) is 0.340. The van der Waals surface area contributed by atoms with E-state index in [1.807, 2.05) is 0 Å². The zero-order valence-electron chi connectivity index (χ0n) is 44.8. The molecule has 1 amide bonds. The number of nitrogens with two attached hydrogens (primary N) is 1. The van der Waals surface area contributed by atoms with Gasteiger partial charge in [-0.1, -0.05) is 53.8 Å². The van der Waals surface area contributed by atoms with Crippen molar-refractivity contribution in [2.24, 2.45) is 5.73 Å². The molecule has 0 aromatic heterocycles. The monoisotopic (exact) mass is 1370 g/mol. The first-order valence-electron chi connectivity index (χ1n) is 23.0. The fourth-order valence-electron chi connectivity index (χ4n) is 5.94. The lowest BCUT2D eigenvalue weighted by molar-refractivity contribution is -0.189. The van der Waals surface area contributed by atoms with E-state index in [0.29, 0.717) is 24.3 Å². The third-order valence-corrected chi connectivity index (χ3v) is 10.5. The number of carbonyl (C=O) groups is 5. The predicted molar refractivity (Wildman–Crippen MR) is 284 cm³/mol. The van der Waals surface area contributed by atoms with Crippen LogP contribution >= 0.6 is 46.4 Å². The minimum absolute atomic E-state index is 0. The molecule has 5 aromatic rings. The lowest BCUT2D eigenvalue weighted by Gasteiger charge is -2.21. The molecule has 0 aliphatic rings. The van der Waals surface area contributed by atoms with Crippen LogP contribution in [0.25, 0.3) is 0 Å². The number of likely N-dealkylation sites (N-methyl/N-ethyl adjacent to an activating group) is 2. The zero-order chi connectivity index (χ0) is 67.8. The first-order valence-corrected chi connectivity index (χ1v) is 24.5. The second-order valence-corrected chi connectivity index (χ2v) is 19.3. The van der Waals surface area contributed by atoms with E-state index in [1.165, 1.54) is 64.9 Å². The van der Waals surface area contributed by atoms with E-state index in [2.05, 4.69) is 10.5 Å². The van der Waals surface area contributed by atoms with Crippen molar-refractivity contribution in [3.63, 3.8) is 0 Å². The number of nitrogens with zero attached hydrogens (tertiary/aromatic N) is 2. The number of anilines is 2. The number of ether oxygens (including phenoxy) is 3. The summed E-state index contributed by atoms with van der Waals surface area (Å²) >= 11 is 22.0. The highest BCUT2D eigenvalue weighted by molar-refractivity contribution is 6.31. The van der Waals surface area contributed by atoms with Crippen LogP contribution in [0.15, 0.2) is 91.0 Å². The average Bonchev–Trinajstić information content (AvgIpc) is 1.57. The Labute approximate surface area is 507 Å². The van der Waals surface area contributed by atoms with Crippen molar-refractivity contribution in [1.82, 2.24) is 0 Å². The molecule has 5 rings (SSSR count). The number of Topliss-reactive ketones (excluding diaryl/α,β-unsaturated/α-hetero) is 4. The number of benzene rings is 5. The van der Waals surface area contributed by atoms with Crippen LogP contribution in [0, 0.1) is 0 Å². The third kappa shape index (κ3) is 30.3. The Morgan fingerprint density at radius 2 is 0.614 bits per heavy atom. The van der Waals surface area contributed by atoms with Crippen LogP contribution in [0.2, 0.25) is 20.1 Å². The summed E-state index contributed by atoms with van der Waals surface area (Å²) in [6.07, 6.45) is -32.4. The number of amides is 1. The van der Waals surface area contributed by atoms with Gasteiger partial charge in [0.2, 0.25) is 0 Å². The van der Waals surface area contributed by atoms with Gasteiger partial charge in [-0.05, 0) is 119 Å². The summed E-state index contributed by atoms with van der Waals surface area (Å²) in [4.78, 5) is 55.7. The van der Waals surface area contributed by atoms with E-state index in [1.54, 1.807) is 0 Å². The lowest BCUT2D eigenvalue weighted by atomic mass is 10.1. The number of primary amides is 1. The molecule has 0 fully saturated rings. The molecule has 0 spiro atoms. The van der Waals surface area contributed by atoms with Crippen LogP contribution in [0.4, 0.5) is 99.2 Å². The molecule has 2 N–H and O–H groups in total. The summed E-state index contributed by atoms with van der Waals surface area (Å²) in [6.45, 7) is 4.30. The summed E-state index contributed by atoms with van der Waals surface area (Å²) in [5.74, 6) is -4.28. The molecule has 0 unspecified atom stereocenters.